The minimum absolute atomic E-state index is 0.132. The fourth-order valence-electron chi connectivity index (χ4n) is 3.40. The van der Waals surface area contributed by atoms with Crippen LogP contribution in [0.4, 0.5) is 10.5 Å². The number of likely N-dealkylation sites (tertiary alicyclic amines) is 1. The third-order valence-corrected chi connectivity index (χ3v) is 4.80. The van der Waals surface area contributed by atoms with Crippen LogP contribution < -0.4 is 5.32 Å². The predicted octanol–water partition coefficient (Wildman–Crippen LogP) is 4.89. The van der Waals surface area contributed by atoms with Crippen molar-refractivity contribution in [2.45, 2.75) is 31.7 Å². The van der Waals surface area contributed by atoms with E-state index in [0.29, 0.717) is 18.3 Å². The average Bonchev–Trinajstić information content (AvgIpc) is 3.07. The fraction of sp³-hybridized carbons (Fsp3) is 0.286. The topological polar surface area (TPSA) is 71.3 Å². The highest BCUT2D eigenvalue weighted by molar-refractivity contribution is 5.89. The van der Waals surface area contributed by atoms with Crippen molar-refractivity contribution in [3.05, 3.63) is 66.6 Å². The van der Waals surface area contributed by atoms with Gasteiger partial charge in [0, 0.05) is 17.8 Å². The summed E-state index contributed by atoms with van der Waals surface area (Å²) < 4.78 is 5.56. The van der Waals surface area contributed by atoms with Crippen molar-refractivity contribution >= 4 is 11.7 Å². The molecule has 0 radical (unpaired) electrons. The van der Waals surface area contributed by atoms with Crippen molar-refractivity contribution in [1.29, 1.82) is 0 Å². The largest absolute Gasteiger partial charge is 0.337 e. The van der Waals surface area contributed by atoms with Gasteiger partial charge < -0.3 is 14.7 Å². The summed E-state index contributed by atoms with van der Waals surface area (Å²) in [5.74, 6) is 1.05. The van der Waals surface area contributed by atoms with Gasteiger partial charge in [-0.2, -0.15) is 4.98 Å². The lowest BCUT2D eigenvalue weighted by Gasteiger charge is -2.27. The van der Waals surface area contributed by atoms with E-state index >= 15 is 0 Å². The van der Waals surface area contributed by atoms with Crippen LogP contribution in [0.1, 0.15) is 37.6 Å². The molecule has 0 bridgehead atoms. The molecule has 0 spiro atoms. The molecule has 1 N–H and O–H groups in total. The quantitative estimate of drug-likeness (QED) is 0.720. The maximum absolute atomic E-state index is 12.9. The first-order chi connectivity index (χ1) is 13.3. The van der Waals surface area contributed by atoms with Crippen LogP contribution in [0.3, 0.4) is 0 Å². The molecule has 27 heavy (non-hydrogen) atoms. The summed E-state index contributed by atoms with van der Waals surface area (Å²) in [6.07, 6.45) is 3.91. The Kier molecular flexibility index (Phi) is 5.14. The van der Waals surface area contributed by atoms with E-state index in [9.17, 15) is 4.79 Å². The molecule has 6 heteroatoms. The number of carbonyl (C=O) groups is 1. The summed E-state index contributed by atoms with van der Waals surface area (Å²) in [4.78, 5) is 19.3. The molecule has 6 nitrogen and oxygen atoms in total. The molecule has 2 aromatic carbocycles. The normalized spacial score (nSPS) is 17.3. The Bertz CT molecular complexity index is 879. The van der Waals surface area contributed by atoms with Crippen LogP contribution in [-0.4, -0.2) is 27.6 Å². The summed E-state index contributed by atoms with van der Waals surface area (Å²) in [6.45, 7) is 0.673. The maximum atomic E-state index is 12.9. The number of carbonyl (C=O) groups excluding carboxylic acids is 1. The minimum atomic E-state index is -0.207. The Morgan fingerprint density at radius 2 is 1.74 bits per heavy atom. The van der Waals surface area contributed by atoms with Crippen molar-refractivity contribution in [2.24, 2.45) is 0 Å². The van der Waals surface area contributed by atoms with Crippen molar-refractivity contribution in [2.75, 3.05) is 11.9 Å². The highest BCUT2D eigenvalue weighted by atomic mass is 16.5. The number of urea groups is 1. The summed E-state index contributed by atoms with van der Waals surface area (Å²) in [6, 6.07) is 18.9. The van der Waals surface area contributed by atoms with Crippen molar-refractivity contribution < 1.29 is 9.32 Å². The van der Waals surface area contributed by atoms with E-state index < -0.39 is 0 Å². The van der Waals surface area contributed by atoms with Gasteiger partial charge in [0.1, 0.15) is 6.04 Å². The molecule has 2 amide bonds. The number of para-hydroxylation sites is 1. The molecule has 3 aromatic rings. The SMILES string of the molecule is O=C(Nc1ccccc1)N1CCCCCC1c1nc(-c2ccccc2)no1. The number of benzene rings is 2. The minimum Gasteiger partial charge on any atom is -0.337 e. The van der Waals surface area contributed by atoms with Gasteiger partial charge in [0.05, 0.1) is 0 Å². The van der Waals surface area contributed by atoms with Crippen LogP contribution in [-0.2, 0) is 0 Å². The second-order valence-electron chi connectivity index (χ2n) is 6.68. The number of nitrogens with one attached hydrogen (secondary N) is 1. The number of rotatable bonds is 3. The van der Waals surface area contributed by atoms with E-state index in [2.05, 4.69) is 15.5 Å². The molecule has 2 heterocycles. The molecule has 1 unspecified atom stereocenters. The van der Waals surface area contributed by atoms with E-state index in [0.717, 1.165) is 36.9 Å². The Morgan fingerprint density at radius 3 is 2.52 bits per heavy atom. The van der Waals surface area contributed by atoms with Crippen molar-refractivity contribution in [3.8, 4) is 11.4 Å². The average molecular weight is 362 g/mol. The van der Waals surface area contributed by atoms with E-state index in [1.165, 1.54) is 0 Å². The van der Waals surface area contributed by atoms with Gasteiger partial charge >= 0.3 is 6.03 Å². The number of anilines is 1. The third kappa shape index (κ3) is 4.00. The van der Waals surface area contributed by atoms with E-state index in [1.54, 1.807) is 0 Å². The Hall–Kier alpha value is -3.15. The van der Waals surface area contributed by atoms with Gasteiger partial charge in [-0.3, -0.25) is 0 Å². The highest BCUT2D eigenvalue weighted by Gasteiger charge is 2.31. The van der Waals surface area contributed by atoms with Crippen LogP contribution in [0, 0.1) is 0 Å². The van der Waals surface area contributed by atoms with Crippen LogP contribution >= 0.6 is 0 Å². The van der Waals surface area contributed by atoms with Crippen LogP contribution in [0.5, 0.6) is 0 Å². The molecule has 1 aliphatic rings. The lowest BCUT2D eigenvalue weighted by molar-refractivity contribution is 0.171. The van der Waals surface area contributed by atoms with Gasteiger partial charge in [-0.25, -0.2) is 4.79 Å². The lowest BCUT2D eigenvalue weighted by atomic mass is 10.1. The summed E-state index contributed by atoms with van der Waals surface area (Å²) >= 11 is 0. The number of amides is 2. The van der Waals surface area contributed by atoms with Crippen LogP contribution in [0.25, 0.3) is 11.4 Å². The standard InChI is InChI=1S/C21H22N4O2/c26-21(22-17-12-6-2-7-13-17)25-15-9-3-8-14-18(25)20-23-19(24-27-20)16-10-4-1-5-11-16/h1-2,4-7,10-13,18H,3,8-9,14-15H2,(H,22,26). The smallest absolute Gasteiger partial charge is 0.322 e. The highest BCUT2D eigenvalue weighted by Crippen LogP contribution is 2.31. The number of hydrogen-bond donors (Lipinski definition) is 1. The second kappa shape index (κ2) is 8.03. The zero-order valence-corrected chi connectivity index (χ0v) is 15.0. The maximum Gasteiger partial charge on any atom is 0.322 e. The molecule has 1 fully saturated rings. The first-order valence-corrected chi connectivity index (χ1v) is 9.33. The molecule has 1 aromatic heterocycles. The first-order valence-electron chi connectivity index (χ1n) is 9.33. The van der Waals surface area contributed by atoms with Gasteiger partial charge in [0.25, 0.3) is 0 Å². The molecule has 138 valence electrons. The van der Waals surface area contributed by atoms with E-state index in [1.807, 2.05) is 65.6 Å². The lowest BCUT2D eigenvalue weighted by Crippen LogP contribution is -2.38. The Labute approximate surface area is 158 Å². The zero-order valence-electron chi connectivity index (χ0n) is 15.0. The summed E-state index contributed by atoms with van der Waals surface area (Å²) in [5.41, 5.74) is 1.68. The monoisotopic (exact) mass is 362 g/mol. The molecule has 1 saturated heterocycles. The van der Waals surface area contributed by atoms with Crippen LogP contribution in [0.2, 0.25) is 0 Å². The van der Waals surface area contributed by atoms with Gasteiger partial charge in [0.15, 0.2) is 0 Å². The molecule has 4 rings (SSSR count). The molecule has 0 aliphatic carbocycles. The molecule has 1 atom stereocenters. The molecular weight excluding hydrogens is 340 g/mol. The van der Waals surface area contributed by atoms with Gasteiger partial charge in [-0.05, 0) is 25.0 Å². The zero-order chi connectivity index (χ0) is 18.5. The number of hydrogen-bond acceptors (Lipinski definition) is 4. The van der Waals surface area contributed by atoms with Gasteiger partial charge in [-0.1, -0.05) is 66.5 Å². The molecular formula is C21H22N4O2. The van der Waals surface area contributed by atoms with Crippen LogP contribution in [0.15, 0.2) is 65.2 Å². The predicted molar refractivity (Wildman–Crippen MR) is 103 cm³/mol. The number of aromatic nitrogens is 2. The summed E-state index contributed by atoms with van der Waals surface area (Å²) in [7, 11) is 0. The Morgan fingerprint density at radius 1 is 1.00 bits per heavy atom. The second-order valence-corrected chi connectivity index (χ2v) is 6.68. The van der Waals surface area contributed by atoms with Crippen molar-refractivity contribution in [1.82, 2.24) is 15.0 Å². The fourth-order valence-corrected chi connectivity index (χ4v) is 3.40. The summed E-state index contributed by atoms with van der Waals surface area (Å²) in [5, 5.41) is 7.10. The van der Waals surface area contributed by atoms with Gasteiger partial charge in [0.2, 0.25) is 11.7 Å². The van der Waals surface area contributed by atoms with E-state index in [-0.39, 0.29) is 12.1 Å². The first kappa shape index (κ1) is 17.3. The number of nitrogens with zero attached hydrogens (tertiary/aromatic N) is 3. The van der Waals surface area contributed by atoms with Crippen molar-refractivity contribution in [3.63, 3.8) is 0 Å². The third-order valence-electron chi connectivity index (χ3n) is 4.80. The Balaban J connectivity index is 1.57. The molecule has 1 aliphatic heterocycles. The van der Waals surface area contributed by atoms with Gasteiger partial charge in [-0.15, -0.1) is 0 Å². The van der Waals surface area contributed by atoms with E-state index in [4.69, 9.17) is 4.52 Å². The molecule has 0 saturated carbocycles.